The molecular weight excluding hydrogens is 234 g/mol. The fraction of sp³-hybridized carbons (Fsp3) is 0.571. The van der Waals surface area contributed by atoms with Crippen LogP contribution in [0, 0.1) is 0 Å². The van der Waals surface area contributed by atoms with Crippen molar-refractivity contribution in [1.82, 2.24) is 5.32 Å². The molecule has 2 fully saturated rings. The van der Waals surface area contributed by atoms with Crippen molar-refractivity contribution >= 4 is 11.6 Å². The lowest BCUT2D eigenvalue weighted by Gasteiger charge is -2.28. The molecule has 1 unspecified atom stereocenters. The minimum atomic E-state index is 0.435. The van der Waals surface area contributed by atoms with Crippen molar-refractivity contribution in [1.29, 1.82) is 0 Å². The average Bonchev–Trinajstić information content (AvgIpc) is 2.78. The van der Waals surface area contributed by atoms with Crippen LogP contribution >= 0.6 is 11.6 Å². The maximum absolute atomic E-state index is 6.10. The summed E-state index contributed by atoms with van der Waals surface area (Å²) in [6.07, 6.45) is 5.32. The monoisotopic (exact) mass is 251 g/mol. The van der Waals surface area contributed by atoms with Gasteiger partial charge in [-0.25, -0.2) is 0 Å². The van der Waals surface area contributed by atoms with Crippen molar-refractivity contribution < 1.29 is 4.74 Å². The smallest absolute Gasteiger partial charge is 0.123 e. The summed E-state index contributed by atoms with van der Waals surface area (Å²) in [5.41, 5.74) is 1.29. The molecule has 1 heterocycles. The molecule has 92 valence electrons. The van der Waals surface area contributed by atoms with E-state index in [2.05, 4.69) is 11.4 Å². The molecule has 1 saturated carbocycles. The van der Waals surface area contributed by atoms with Crippen LogP contribution in [0.5, 0.6) is 5.75 Å². The lowest BCUT2D eigenvalue weighted by molar-refractivity contribution is 0.118. The third-order valence-corrected chi connectivity index (χ3v) is 4.05. The molecule has 1 aliphatic carbocycles. The van der Waals surface area contributed by atoms with Gasteiger partial charge in [-0.3, -0.25) is 0 Å². The minimum Gasteiger partial charge on any atom is -0.490 e. The van der Waals surface area contributed by atoms with Gasteiger partial charge in [0.05, 0.1) is 6.10 Å². The summed E-state index contributed by atoms with van der Waals surface area (Å²) in [6.45, 7) is 2.14. The first kappa shape index (κ1) is 11.4. The van der Waals surface area contributed by atoms with Crippen LogP contribution < -0.4 is 10.1 Å². The number of ether oxygens (including phenoxy) is 1. The van der Waals surface area contributed by atoms with Crippen LogP contribution in [-0.4, -0.2) is 19.2 Å². The number of benzene rings is 1. The molecule has 1 aliphatic heterocycles. The number of nitrogens with one attached hydrogen (secondary N) is 1. The molecule has 0 aromatic heterocycles. The quantitative estimate of drug-likeness (QED) is 0.890. The summed E-state index contributed by atoms with van der Waals surface area (Å²) in [6, 6.07) is 6.04. The van der Waals surface area contributed by atoms with Gasteiger partial charge in [-0.2, -0.15) is 0 Å². The fourth-order valence-corrected chi connectivity index (χ4v) is 2.71. The Bertz CT molecular complexity index is 397. The molecule has 1 N–H and O–H groups in total. The summed E-state index contributed by atoms with van der Waals surface area (Å²) in [7, 11) is 0. The first-order valence-corrected chi connectivity index (χ1v) is 6.87. The molecule has 3 heteroatoms. The molecule has 2 nitrogen and oxygen atoms in total. The van der Waals surface area contributed by atoms with E-state index in [4.69, 9.17) is 16.3 Å². The van der Waals surface area contributed by atoms with Gasteiger partial charge in [0.15, 0.2) is 0 Å². The SMILES string of the molecule is Clc1ccc(OC2CCC2)c(C2CCNC2)c1. The topological polar surface area (TPSA) is 21.3 Å². The molecule has 0 bridgehead atoms. The van der Waals surface area contributed by atoms with Gasteiger partial charge in [0.2, 0.25) is 0 Å². The zero-order valence-electron chi connectivity index (χ0n) is 9.92. The highest BCUT2D eigenvalue weighted by molar-refractivity contribution is 6.30. The number of rotatable bonds is 3. The maximum Gasteiger partial charge on any atom is 0.123 e. The normalized spacial score (nSPS) is 24.6. The number of hydrogen-bond acceptors (Lipinski definition) is 2. The summed E-state index contributed by atoms with van der Waals surface area (Å²) >= 11 is 6.10. The van der Waals surface area contributed by atoms with Crippen LogP contribution in [0.2, 0.25) is 5.02 Å². The molecule has 17 heavy (non-hydrogen) atoms. The summed E-state index contributed by atoms with van der Waals surface area (Å²) in [5.74, 6) is 1.61. The zero-order chi connectivity index (χ0) is 11.7. The number of hydrogen-bond donors (Lipinski definition) is 1. The Morgan fingerprint density at radius 1 is 1.24 bits per heavy atom. The Hall–Kier alpha value is -0.730. The predicted octanol–water partition coefficient (Wildman–Crippen LogP) is 3.35. The summed E-state index contributed by atoms with van der Waals surface area (Å²) < 4.78 is 6.06. The van der Waals surface area contributed by atoms with E-state index in [-0.39, 0.29) is 0 Å². The second-order valence-electron chi connectivity index (χ2n) is 5.04. The van der Waals surface area contributed by atoms with Crippen LogP contribution in [0.3, 0.4) is 0 Å². The third kappa shape index (κ3) is 2.43. The van der Waals surface area contributed by atoms with Gasteiger partial charge < -0.3 is 10.1 Å². The molecule has 1 saturated heterocycles. The molecule has 0 amide bonds. The highest BCUT2D eigenvalue weighted by atomic mass is 35.5. The molecule has 1 aromatic carbocycles. The van der Waals surface area contributed by atoms with Gasteiger partial charge in [-0.05, 0) is 50.4 Å². The van der Waals surface area contributed by atoms with Crippen LogP contribution in [0.15, 0.2) is 18.2 Å². The van der Waals surface area contributed by atoms with E-state index in [9.17, 15) is 0 Å². The van der Waals surface area contributed by atoms with E-state index in [0.717, 1.165) is 23.9 Å². The lowest BCUT2D eigenvalue weighted by atomic mass is 9.94. The van der Waals surface area contributed by atoms with Crippen molar-refractivity contribution in [3.05, 3.63) is 28.8 Å². The van der Waals surface area contributed by atoms with Crippen molar-refractivity contribution in [2.75, 3.05) is 13.1 Å². The molecule has 0 spiro atoms. The van der Waals surface area contributed by atoms with Crippen LogP contribution in [0.1, 0.15) is 37.2 Å². The maximum atomic E-state index is 6.10. The molecule has 1 atom stereocenters. The van der Waals surface area contributed by atoms with Crippen LogP contribution in [-0.2, 0) is 0 Å². The van der Waals surface area contributed by atoms with E-state index in [1.807, 2.05) is 12.1 Å². The second kappa shape index (κ2) is 4.87. The van der Waals surface area contributed by atoms with Crippen LogP contribution in [0.25, 0.3) is 0 Å². The van der Waals surface area contributed by atoms with Crippen molar-refractivity contribution in [3.8, 4) is 5.75 Å². The highest BCUT2D eigenvalue weighted by Crippen LogP contribution is 2.35. The van der Waals surface area contributed by atoms with Gasteiger partial charge in [-0.1, -0.05) is 11.6 Å². The minimum absolute atomic E-state index is 0.435. The van der Waals surface area contributed by atoms with E-state index < -0.39 is 0 Å². The van der Waals surface area contributed by atoms with E-state index in [0.29, 0.717) is 12.0 Å². The zero-order valence-corrected chi connectivity index (χ0v) is 10.7. The van der Waals surface area contributed by atoms with Crippen LogP contribution in [0.4, 0.5) is 0 Å². The van der Waals surface area contributed by atoms with E-state index >= 15 is 0 Å². The largest absolute Gasteiger partial charge is 0.490 e. The first-order valence-electron chi connectivity index (χ1n) is 6.50. The second-order valence-corrected chi connectivity index (χ2v) is 5.48. The predicted molar refractivity (Wildman–Crippen MR) is 69.9 cm³/mol. The highest BCUT2D eigenvalue weighted by Gasteiger charge is 2.24. The molecule has 0 radical (unpaired) electrons. The van der Waals surface area contributed by atoms with E-state index in [1.54, 1.807) is 0 Å². The van der Waals surface area contributed by atoms with Gasteiger partial charge in [0, 0.05) is 23.0 Å². The standard InChI is InChI=1S/C14H18ClNO/c15-11-4-5-14(17-12-2-1-3-12)13(8-11)10-6-7-16-9-10/h4-5,8,10,12,16H,1-3,6-7,9H2. The molecule has 2 aliphatic rings. The molecular formula is C14H18ClNO. The average molecular weight is 252 g/mol. The number of halogens is 1. The fourth-order valence-electron chi connectivity index (χ4n) is 2.53. The van der Waals surface area contributed by atoms with E-state index in [1.165, 1.54) is 31.2 Å². The van der Waals surface area contributed by atoms with Crippen molar-refractivity contribution in [2.45, 2.75) is 37.7 Å². The first-order chi connectivity index (χ1) is 8.33. The van der Waals surface area contributed by atoms with Gasteiger partial charge in [0.25, 0.3) is 0 Å². The van der Waals surface area contributed by atoms with Gasteiger partial charge in [0.1, 0.15) is 5.75 Å². The van der Waals surface area contributed by atoms with Crippen molar-refractivity contribution in [2.24, 2.45) is 0 Å². The van der Waals surface area contributed by atoms with Gasteiger partial charge in [-0.15, -0.1) is 0 Å². The third-order valence-electron chi connectivity index (χ3n) is 3.82. The Morgan fingerprint density at radius 3 is 2.76 bits per heavy atom. The lowest BCUT2D eigenvalue weighted by Crippen LogP contribution is -2.25. The Morgan fingerprint density at radius 2 is 2.12 bits per heavy atom. The summed E-state index contributed by atoms with van der Waals surface area (Å²) in [5, 5.41) is 4.21. The molecule has 3 rings (SSSR count). The Balaban J connectivity index is 1.84. The van der Waals surface area contributed by atoms with Crippen molar-refractivity contribution in [3.63, 3.8) is 0 Å². The molecule has 1 aromatic rings. The Labute approximate surface area is 107 Å². The Kier molecular flexibility index (Phi) is 3.26. The summed E-state index contributed by atoms with van der Waals surface area (Å²) in [4.78, 5) is 0. The van der Waals surface area contributed by atoms with Gasteiger partial charge >= 0.3 is 0 Å².